The van der Waals surface area contributed by atoms with Crippen molar-refractivity contribution in [1.82, 2.24) is 5.32 Å². The molecule has 1 amide bonds. The molecular weight excluding hydrogens is 288 g/mol. The molecule has 0 aromatic heterocycles. The second kappa shape index (κ2) is 8.02. The first-order valence-electron chi connectivity index (χ1n) is 6.92. The molecule has 5 nitrogen and oxygen atoms in total. The number of benzene rings is 2. The summed E-state index contributed by atoms with van der Waals surface area (Å²) in [7, 11) is 0. The number of carbonyl (C=O) groups is 1. The number of carbonyl (C=O) groups excluding carboxylic acids is 1. The van der Waals surface area contributed by atoms with E-state index in [-0.39, 0.29) is 5.57 Å². The van der Waals surface area contributed by atoms with Crippen LogP contribution in [0.15, 0.2) is 66.4 Å². The van der Waals surface area contributed by atoms with Crippen LogP contribution in [0.5, 0.6) is 0 Å². The lowest BCUT2D eigenvalue weighted by Gasteiger charge is -2.06. The van der Waals surface area contributed by atoms with Crippen molar-refractivity contribution in [3.05, 3.63) is 77.5 Å². The van der Waals surface area contributed by atoms with Gasteiger partial charge in [-0.15, -0.1) is 0 Å². The highest BCUT2D eigenvalue weighted by molar-refractivity contribution is 5.97. The summed E-state index contributed by atoms with van der Waals surface area (Å²) < 4.78 is 0. The van der Waals surface area contributed by atoms with E-state index < -0.39 is 5.91 Å². The van der Waals surface area contributed by atoms with Gasteiger partial charge in [0.2, 0.25) is 0 Å². The summed E-state index contributed by atoms with van der Waals surface area (Å²) in [4.78, 5) is 12.0. The van der Waals surface area contributed by atoms with Gasteiger partial charge in [0, 0.05) is 12.7 Å². The molecule has 0 fully saturated rings. The minimum atomic E-state index is -0.474. The van der Waals surface area contributed by atoms with Crippen molar-refractivity contribution < 1.29 is 4.79 Å². The molecule has 0 aliphatic carbocycles. The molecule has 2 rings (SSSR count). The molecule has 5 heteroatoms. The van der Waals surface area contributed by atoms with Gasteiger partial charge < -0.3 is 10.6 Å². The Bertz CT molecular complexity index is 798. The van der Waals surface area contributed by atoms with Crippen LogP contribution in [0, 0.1) is 22.7 Å². The smallest absolute Gasteiger partial charge is 0.263 e. The molecule has 0 bridgehead atoms. The SMILES string of the molecule is N#C/C(=C/Nc1ccccc1C#N)C(=O)NCc1ccccc1. The van der Waals surface area contributed by atoms with E-state index in [0.717, 1.165) is 5.56 Å². The Hall–Kier alpha value is -3.57. The van der Waals surface area contributed by atoms with Gasteiger partial charge in [0.05, 0.1) is 11.3 Å². The Kier molecular flexibility index (Phi) is 5.51. The van der Waals surface area contributed by atoms with E-state index in [0.29, 0.717) is 17.8 Å². The Balaban J connectivity index is 2.03. The normalized spacial score (nSPS) is 10.3. The first-order chi connectivity index (χ1) is 11.2. The lowest BCUT2D eigenvalue weighted by Crippen LogP contribution is -2.24. The van der Waals surface area contributed by atoms with Gasteiger partial charge >= 0.3 is 0 Å². The minimum absolute atomic E-state index is 0.0614. The van der Waals surface area contributed by atoms with Gasteiger partial charge in [-0.2, -0.15) is 10.5 Å². The van der Waals surface area contributed by atoms with Crippen LogP contribution in [0.25, 0.3) is 0 Å². The topological polar surface area (TPSA) is 88.7 Å². The summed E-state index contributed by atoms with van der Waals surface area (Å²) >= 11 is 0. The Morgan fingerprint density at radius 3 is 2.43 bits per heavy atom. The maximum absolute atomic E-state index is 12.0. The first kappa shape index (κ1) is 15.8. The number of nitrogens with one attached hydrogen (secondary N) is 2. The fourth-order valence-corrected chi connectivity index (χ4v) is 1.88. The van der Waals surface area contributed by atoms with Crippen molar-refractivity contribution in [3.63, 3.8) is 0 Å². The van der Waals surface area contributed by atoms with E-state index in [1.165, 1.54) is 6.20 Å². The van der Waals surface area contributed by atoms with Gasteiger partial charge in [-0.3, -0.25) is 4.79 Å². The molecule has 2 aromatic rings. The summed E-state index contributed by atoms with van der Waals surface area (Å²) in [5, 5.41) is 23.6. The molecule has 0 saturated heterocycles. The van der Waals surface area contributed by atoms with Crippen molar-refractivity contribution in [1.29, 1.82) is 10.5 Å². The summed E-state index contributed by atoms with van der Waals surface area (Å²) in [5.41, 5.74) is 1.86. The molecular formula is C18H14N4O. The fourth-order valence-electron chi connectivity index (χ4n) is 1.88. The van der Waals surface area contributed by atoms with Crippen LogP contribution < -0.4 is 10.6 Å². The van der Waals surface area contributed by atoms with E-state index in [1.54, 1.807) is 24.3 Å². The highest BCUT2D eigenvalue weighted by Gasteiger charge is 2.08. The van der Waals surface area contributed by atoms with Crippen molar-refractivity contribution in [2.24, 2.45) is 0 Å². The Morgan fingerprint density at radius 1 is 1.04 bits per heavy atom. The van der Waals surface area contributed by atoms with Gasteiger partial charge in [-0.1, -0.05) is 42.5 Å². The number of hydrogen-bond donors (Lipinski definition) is 2. The zero-order valence-electron chi connectivity index (χ0n) is 12.3. The highest BCUT2D eigenvalue weighted by atomic mass is 16.1. The Morgan fingerprint density at radius 2 is 1.74 bits per heavy atom. The summed E-state index contributed by atoms with van der Waals surface area (Å²) in [5.74, 6) is -0.474. The zero-order valence-corrected chi connectivity index (χ0v) is 12.3. The molecule has 112 valence electrons. The van der Waals surface area contributed by atoms with Crippen LogP contribution in [-0.4, -0.2) is 5.91 Å². The standard InChI is InChI=1S/C18H14N4O/c19-10-15-8-4-5-9-17(15)21-13-16(11-20)18(23)22-12-14-6-2-1-3-7-14/h1-9,13,21H,12H2,(H,22,23)/b16-13-. The summed E-state index contributed by atoms with van der Waals surface area (Å²) in [6.07, 6.45) is 1.30. The summed E-state index contributed by atoms with van der Waals surface area (Å²) in [6.45, 7) is 0.341. The van der Waals surface area contributed by atoms with Gasteiger partial charge in [-0.05, 0) is 17.7 Å². The third kappa shape index (κ3) is 4.45. The van der Waals surface area contributed by atoms with E-state index in [4.69, 9.17) is 10.5 Å². The number of nitriles is 2. The predicted molar refractivity (Wildman–Crippen MR) is 86.8 cm³/mol. The molecule has 0 saturated carbocycles. The molecule has 0 aliphatic rings. The highest BCUT2D eigenvalue weighted by Crippen LogP contribution is 2.13. The van der Waals surface area contributed by atoms with Crippen LogP contribution in [-0.2, 0) is 11.3 Å². The lowest BCUT2D eigenvalue weighted by molar-refractivity contribution is -0.117. The van der Waals surface area contributed by atoms with Crippen molar-refractivity contribution in [3.8, 4) is 12.1 Å². The maximum Gasteiger partial charge on any atom is 0.263 e. The molecule has 23 heavy (non-hydrogen) atoms. The third-order valence-corrected chi connectivity index (χ3v) is 3.08. The minimum Gasteiger partial charge on any atom is -0.359 e. The number of para-hydroxylation sites is 1. The van der Waals surface area contributed by atoms with E-state index >= 15 is 0 Å². The molecule has 0 aliphatic heterocycles. The van der Waals surface area contributed by atoms with Crippen LogP contribution in [0.1, 0.15) is 11.1 Å². The van der Waals surface area contributed by atoms with E-state index in [1.807, 2.05) is 42.5 Å². The number of rotatable bonds is 5. The number of hydrogen-bond acceptors (Lipinski definition) is 4. The predicted octanol–water partition coefficient (Wildman–Crippen LogP) is 2.69. The van der Waals surface area contributed by atoms with Gasteiger partial charge in [0.1, 0.15) is 17.7 Å². The monoisotopic (exact) mass is 302 g/mol. The molecule has 0 heterocycles. The third-order valence-electron chi connectivity index (χ3n) is 3.08. The van der Waals surface area contributed by atoms with E-state index in [2.05, 4.69) is 10.6 Å². The quantitative estimate of drug-likeness (QED) is 0.656. The number of nitrogens with zero attached hydrogens (tertiary/aromatic N) is 2. The largest absolute Gasteiger partial charge is 0.359 e. The average Bonchev–Trinajstić information content (AvgIpc) is 2.61. The molecule has 0 radical (unpaired) electrons. The van der Waals surface area contributed by atoms with Crippen LogP contribution in [0.3, 0.4) is 0 Å². The van der Waals surface area contributed by atoms with Gasteiger partial charge in [0.25, 0.3) is 5.91 Å². The number of amides is 1. The second-order valence-electron chi connectivity index (χ2n) is 4.64. The van der Waals surface area contributed by atoms with Crippen molar-refractivity contribution >= 4 is 11.6 Å². The van der Waals surface area contributed by atoms with Crippen molar-refractivity contribution in [2.75, 3.05) is 5.32 Å². The van der Waals surface area contributed by atoms with Crippen LogP contribution in [0.2, 0.25) is 0 Å². The van der Waals surface area contributed by atoms with Crippen LogP contribution >= 0.6 is 0 Å². The first-order valence-corrected chi connectivity index (χ1v) is 6.92. The Labute approximate surface area is 134 Å². The summed E-state index contributed by atoms with van der Waals surface area (Å²) in [6, 6.07) is 20.2. The lowest BCUT2D eigenvalue weighted by atomic mass is 10.2. The van der Waals surface area contributed by atoms with Crippen molar-refractivity contribution in [2.45, 2.75) is 6.54 Å². The molecule has 0 unspecified atom stereocenters. The second-order valence-corrected chi connectivity index (χ2v) is 4.64. The average molecular weight is 302 g/mol. The van der Waals surface area contributed by atoms with Gasteiger partial charge in [-0.25, -0.2) is 0 Å². The maximum atomic E-state index is 12.0. The zero-order chi connectivity index (χ0) is 16.5. The van der Waals surface area contributed by atoms with Gasteiger partial charge in [0.15, 0.2) is 0 Å². The van der Waals surface area contributed by atoms with E-state index in [9.17, 15) is 4.79 Å². The van der Waals surface area contributed by atoms with Crippen LogP contribution in [0.4, 0.5) is 5.69 Å². The fraction of sp³-hybridized carbons (Fsp3) is 0.0556. The molecule has 2 aromatic carbocycles. The molecule has 0 atom stereocenters. The molecule has 0 spiro atoms. The molecule has 2 N–H and O–H groups in total. The number of anilines is 1.